The lowest BCUT2D eigenvalue weighted by atomic mass is 10.0. The first kappa shape index (κ1) is 23.3. The predicted molar refractivity (Wildman–Crippen MR) is 131 cm³/mol. The van der Waals surface area contributed by atoms with Crippen molar-refractivity contribution in [2.45, 2.75) is 20.5 Å². The Balaban J connectivity index is 1.63. The second kappa shape index (κ2) is 9.93. The van der Waals surface area contributed by atoms with Gasteiger partial charge >= 0.3 is 5.69 Å². The van der Waals surface area contributed by atoms with E-state index in [0.29, 0.717) is 22.2 Å². The van der Waals surface area contributed by atoms with Crippen molar-refractivity contribution in [2.75, 3.05) is 7.11 Å². The van der Waals surface area contributed by atoms with E-state index >= 15 is 0 Å². The molecule has 0 amide bonds. The lowest BCUT2D eigenvalue weighted by Crippen LogP contribution is -2.23. The Morgan fingerprint density at radius 3 is 2.50 bits per heavy atom. The molecule has 8 nitrogen and oxygen atoms in total. The van der Waals surface area contributed by atoms with E-state index in [9.17, 15) is 4.79 Å². The van der Waals surface area contributed by atoms with Gasteiger partial charge in [0.2, 0.25) is 0 Å². The second-order valence-corrected chi connectivity index (χ2v) is 8.15. The number of tetrazole rings is 1. The van der Waals surface area contributed by atoms with Gasteiger partial charge in [-0.25, -0.2) is 4.79 Å². The van der Waals surface area contributed by atoms with Crippen LogP contribution >= 0.6 is 11.6 Å². The zero-order chi connectivity index (χ0) is 24.2. The van der Waals surface area contributed by atoms with Crippen molar-refractivity contribution in [2.24, 2.45) is 12.2 Å². The predicted octanol–water partition coefficient (Wildman–Crippen LogP) is 4.21. The number of halogens is 1. The number of aromatic nitrogens is 4. The summed E-state index contributed by atoms with van der Waals surface area (Å²) in [6.45, 7) is 4.19. The summed E-state index contributed by atoms with van der Waals surface area (Å²) < 4.78 is 8.63. The highest BCUT2D eigenvalue weighted by molar-refractivity contribution is 6.35. The van der Waals surface area contributed by atoms with E-state index in [2.05, 4.69) is 15.6 Å². The highest BCUT2D eigenvalue weighted by Crippen LogP contribution is 2.26. The molecule has 0 aliphatic rings. The Labute approximate surface area is 202 Å². The van der Waals surface area contributed by atoms with Crippen LogP contribution in [0, 0.1) is 13.8 Å². The van der Waals surface area contributed by atoms with E-state index < -0.39 is 0 Å². The molecule has 4 rings (SSSR count). The molecule has 9 heteroatoms. The molecule has 0 N–H and O–H groups in total. The van der Waals surface area contributed by atoms with E-state index in [1.165, 1.54) is 16.5 Å². The van der Waals surface area contributed by atoms with Gasteiger partial charge in [0, 0.05) is 23.7 Å². The van der Waals surface area contributed by atoms with Gasteiger partial charge in [0.25, 0.3) is 0 Å². The van der Waals surface area contributed by atoms with E-state index in [0.717, 1.165) is 27.8 Å². The van der Waals surface area contributed by atoms with Crippen LogP contribution in [0.15, 0.2) is 70.6 Å². The van der Waals surface area contributed by atoms with Crippen LogP contribution < -0.4 is 10.4 Å². The molecule has 4 aromatic rings. The molecule has 0 radical (unpaired) electrons. The third-order valence-corrected chi connectivity index (χ3v) is 5.80. The average Bonchev–Trinajstić information content (AvgIpc) is 3.16. The van der Waals surface area contributed by atoms with E-state index in [-0.39, 0.29) is 12.3 Å². The molecular formula is C25H24ClN5O3. The average molecular weight is 478 g/mol. The molecule has 0 aliphatic heterocycles. The number of nitrogens with zero attached hydrogens (tertiary/aromatic N) is 5. The van der Waals surface area contributed by atoms with Crippen LogP contribution in [0.3, 0.4) is 0 Å². The zero-order valence-corrected chi connectivity index (χ0v) is 20.1. The third-order valence-electron chi connectivity index (χ3n) is 5.47. The van der Waals surface area contributed by atoms with Gasteiger partial charge in [0.05, 0.1) is 10.7 Å². The van der Waals surface area contributed by atoms with Gasteiger partial charge in [-0.15, -0.1) is 0 Å². The molecule has 0 atom stereocenters. The number of hydrogen-bond donors (Lipinski definition) is 0. The number of rotatable bonds is 7. The first-order chi connectivity index (χ1) is 16.4. The highest BCUT2D eigenvalue weighted by Gasteiger charge is 2.16. The van der Waals surface area contributed by atoms with Gasteiger partial charge in [0.15, 0.2) is 0 Å². The lowest BCUT2D eigenvalue weighted by Gasteiger charge is -2.15. The maximum absolute atomic E-state index is 12.4. The molecule has 1 heterocycles. The van der Waals surface area contributed by atoms with E-state index in [1.54, 1.807) is 7.05 Å². The van der Waals surface area contributed by atoms with Crippen LogP contribution in [-0.4, -0.2) is 32.6 Å². The highest BCUT2D eigenvalue weighted by atomic mass is 35.5. The van der Waals surface area contributed by atoms with Gasteiger partial charge in [-0.3, -0.25) is 0 Å². The van der Waals surface area contributed by atoms with Gasteiger partial charge in [-0.05, 0) is 65.7 Å². The van der Waals surface area contributed by atoms with Crippen molar-refractivity contribution >= 4 is 17.3 Å². The summed E-state index contributed by atoms with van der Waals surface area (Å²) in [4.78, 5) is 17.5. The fourth-order valence-electron chi connectivity index (χ4n) is 3.65. The van der Waals surface area contributed by atoms with Crippen LogP contribution in [0.5, 0.6) is 5.75 Å². The summed E-state index contributed by atoms with van der Waals surface area (Å²) in [6.07, 6.45) is 0. The van der Waals surface area contributed by atoms with Crippen molar-refractivity contribution < 1.29 is 9.57 Å². The van der Waals surface area contributed by atoms with E-state index in [4.69, 9.17) is 21.2 Å². The topological polar surface area (TPSA) is 83.5 Å². The molecule has 0 saturated heterocycles. The van der Waals surface area contributed by atoms with Crippen molar-refractivity contribution in [1.82, 2.24) is 19.8 Å². The maximum Gasteiger partial charge on any atom is 0.368 e. The van der Waals surface area contributed by atoms with Crippen LogP contribution in [0.2, 0.25) is 5.02 Å². The molecule has 1 aromatic heterocycles. The summed E-state index contributed by atoms with van der Waals surface area (Å²) in [5.41, 5.74) is 5.33. The molecule has 3 aromatic carbocycles. The van der Waals surface area contributed by atoms with Gasteiger partial charge in [-0.1, -0.05) is 47.1 Å². The first-order valence-corrected chi connectivity index (χ1v) is 11.0. The summed E-state index contributed by atoms with van der Waals surface area (Å²) >= 11 is 6.39. The molecule has 174 valence electrons. The molecule has 0 saturated carbocycles. The second-order valence-electron chi connectivity index (χ2n) is 7.74. The van der Waals surface area contributed by atoms with Crippen LogP contribution in [0.25, 0.3) is 5.69 Å². The minimum absolute atomic E-state index is 0.259. The minimum atomic E-state index is -0.322. The fourth-order valence-corrected chi connectivity index (χ4v) is 3.87. The molecule has 34 heavy (non-hydrogen) atoms. The molecule has 0 bridgehead atoms. The van der Waals surface area contributed by atoms with Crippen LogP contribution in [0.4, 0.5) is 0 Å². The number of hydrogen-bond acceptors (Lipinski definition) is 6. The van der Waals surface area contributed by atoms with Gasteiger partial charge < -0.3 is 9.57 Å². The maximum atomic E-state index is 12.4. The summed E-state index contributed by atoms with van der Waals surface area (Å²) in [7, 11) is 3.07. The number of aryl methyl sites for hydroxylation is 3. The number of oxime groups is 1. The Hall–Kier alpha value is -3.91. The number of ether oxygens (including phenoxy) is 1. The third kappa shape index (κ3) is 4.58. The largest absolute Gasteiger partial charge is 0.489 e. The first-order valence-electron chi connectivity index (χ1n) is 10.6. The zero-order valence-electron chi connectivity index (χ0n) is 19.3. The monoisotopic (exact) mass is 477 g/mol. The molecule has 0 fully saturated rings. The Morgan fingerprint density at radius 1 is 1.03 bits per heavy atom. The molecular weight excluding hydrogens is 454 g/mol. The van der Waals surface area contributed by atoms with E-state index in [1.807, 2.05) is 74.5 Å². The molecule has 0 aliphatic carbocycles. The standard InChI is InChI=1S/C25H24ClN5O3/c1-16-8-7-11-22(31-25(32)30(3)28-29-31)20(16)15-34-23-13-12-18(14-17(23)2)24(27-33-4)19-9-5-6-10-21(19)26/h5-14H,15H2,1-4H3/b27-24-. The summed E-state index contributed by atoms with van der Waals surface area (Å²) in [5.74, 6) is 0.709. The minimum Gasteiger partial charge on any atom is -0.489 e. The van der Waals surface area contributed by atoms with Crippen molar-refractivity contribution in [3.63, 3.8) is 0 Å². The Morgan fingerprint density at radius 2 is 1.82 bits per heavy atom. The smallest absolute Gasteiger partial charge is 0.368 e. The van der Waals surface area contributed by atoms with Crippen molar-refractivity contribution in [3.05, 3.63) is 104 Å². The lowest BCUT2D eigenvalue weighted by molar-refractivity contribution is 0.214. The SMILES string of the molecule is CO/N=C(/c1ccc(OCc2c(C)cccc2-n2nnn(C)c2=O)c(C)c1)c1ccccc1Cl. The molecule has 0 unspecified atom stereocenters. The fraction of sp³-hybridized carbons (Fsp3) is 0.200. The van der Waals surface area contributed by atoms with Crippen molar-refractivity contribution in [3.8, 4) is 11.4 Å². The van der Waals surface area contributed by atoms with Crippen LogP contribution in [-0.2, 0) is 18.5 Å². The number of benzene rings is 3. The Bertz CT molecular complexity index is 1420. The Kier molecular flexibility index (Phi) is 6.79. The normalized spacial score (nSPS) is 11.5. The van der Waals surface area contributed by atoms with Crippen LogP contribution in [0.1, 0.15) is 27.8 Å². The summed E-state index contributed by atoms with van der Waals surface area (Å²) in [5, 5.41) is 12.6. The summed E-state index contributed by atoms with van der Waals surface area (Å²) in [6, 6.07) is 18.9. The van der Waals surface area contributed by atoms with Gasteiger partial charge in [-0.2, -0.15) is 9.36 Å². The van der Waals surface area contributed by atoms with Gasteiger partial charge in [0.1, 0.15) is 25.2 Å². The quantitative estimate of drug-likeness (QED) is 0.294. The molecule has 0 spiro atoms. The van der Waals surface area contributed by atoms with Crippen molar-refractivity contribution in [1.29, 1.82) is 0 Å².